The highest BCUT2D eigenvalue weighted by atomic mass is 35.5. The van der Waals surface area contributed by atoms with Gasteiger partial charge in [0.2, 0.25) is 0 Å². The molecule has 108 valence electrons. The Morgan fingerprint density at radius 2 is 1.82 bits per heavy atom. The molecule has 0 fully saturated rings. The molecule has 5 heteroatoms. The summed E-state index contributed by atoms with van der Waals surface area (Å²) in [4.78, 5) is 0. The molecule has 2 aromatic rings. The highest BCUT2D eigenvalue weighted by Crippen LogP contribution is 2.25. The quantitative estimate of drug-likeness (QED) is 0.742. The van der Waals surface area contributed by atoms with Crippen LogP contribution < -0.4 is 4.74 Å². The Labute approximate surface area is 138 Å². The van der Waals surface area contributed by atoms with Crippen LogP contribution in [0.1, 0.15) is 11.1 Å². The minimum Gasteiger partial charge on any atom is -0.488 e. The second-order valence-corrected chi connectivity index (χ2v) is 5.19. The van der Waals surface area contributed by atoms with Crippen molar-refractivity contribution >= 4 is 29.3 Å². The number of ether oxygens (including phenoxy) is 1. The molecule has 0 heterocycles. The third-order valence-corrected chi connectivity index (χ3v) is 3.44. The van der Waals surface area contributed by atoms with Gasteiger partial charge >= 0.3 is 0 Å². The SMILES string of the molecule is N#CC(C#N)=Cc1ccccc1OCc1ccc(Cl)cc1Cl. The first-order chi connectivity index (χ1) is 10.6. The van der Waals surface area contributed by atoms with Crippen molar-refractivity contribution in [1.82, 2.24) is 0 Å². The molecule has 0 atom stereocenters. The molecule has 22 heavy (non-hydrogen) atoms. The fourth-order valence-corrected chi connectivity index (χ4v) is 2.23. The maximum Gasteiger partial charge on any atom is 0.130 e. The van der Waals surface area contributed by atoms with Gasteiger partial charge < -0.3 is 4.74 Å². The molecule has 0 aliphatic rings. The van der Waals surface area contributed by atoms with Gasteiger partial charge in [-0.25, -0.2) is 0 Å². The van der Waals surface area contributed by atoms with E-state index in [0.29, 0.717) is 21.4 Å². The summed E-state index contributed by atoms with van der Waals surface area (Å²) in [6, 6.07) is 16.0. The van der Waals surface area contributed by atoms with Crippen LogP contribution in [0, 0.1) is 22.7 Å². The molecule has 0 aliphatic heterocycles. The second-order valence-electron chi connectivity index (χ2n) is 4.34. The van der Waals surface area contributed by atoms with Crippen LogP contribution in [0.4, 0.5) is 0 Å². The van der Waals surface area contributed by atoms with E-state index in [0.717, 1.165) is 5.56 Å². The first-order valence-corrected chi connectivity index (χ1v) is 7.07. The Balaban J connectivity index is 2.22. The van der Waals surface area contributed by atoms with Gasteiger partial charge in [-0.3, -0.25) is 0 Å². The monoisotopic (exact) mass is 328 g/mol. The van der Waals surface area contributed by atoms with Crippen molar-refractivity contribution < 1.29 is 4.74 Å². The summed E-state index contributed by atoms with van der Waals surface area (Å²) in [6.07, 6.45) is 1.48. The lowest BCUT2D eigenvalue weighted by atomic mass is 10.1. The molecule has 0 bridgehead atoms. The summed E-state index contributed by atoms with van der Waals surface area (Å²) in [5.41, 5.74) is 1.47. The van der Waals surface area contributed by atoms with E-state index in [-0.39, 0.29) is 12.2 Å². The summed E-state index contributed by atoms with van der Waals surface area (Å²) in [6.45, 7) is 0.259. The largest absolute Gasteiger partial charge is 0.488 e. The maximum absolute atomic E-state index is 8.84. The molecule has 0 saturated carbocycles. The number of nitrogens with zero attached hydrogens (tertiary/aromatic N) is 2. The van der Waals surface area contributed by atoms with Crippen molar-refractivity contribution in [1.29, 1.82) is 10.5 Å². The van der Waals surface area contributed by atoms with E-state index in [1.807, 2.05) is 18.2 Å². The average Bonchev–Trinajstić information content (AvgIpc) is 2.52. The van der Waals surface area contributed by atoms with Gasteiger partial charge in [0.05, 0.1) is 0 Å². The first kappa shape index (κ1) is 15.9. The molecular formula is C17H10Cl2N2O. The number of allylic oxidation sites excluding steroid dienone is 1. The maximum atomic E-state index is 8.84. The predicted octanol–water partition coefficient (Wildman–Crippen LogP) is 5.00. The van der Waals surface area contributed by atoms with Gasteiger partial charge in [0.1, 0.15) is 30.1 Å². The van der Waals surface area contributed by atoms with Crippen molar-refractivity contribution in [2.24, 2.45) is 0 Å². The van der Waals surface area contributed by atoms with Crippen LogP contribution in [0.5, 0.6) is 5.75 Å². The molecule has 0 radical (unpaired) electrons. The molecule has 0 unspecified atom stereocenters. The predicted molar refractivity (Wildman–Crippen MR) is 86.4 cm³/mol. The van der Waals surface area contributed by atoms with Gasteiger partial charge in [-0.05, 0) is 24.3 Å². The molecule has 0 saturated heterocycles. The summed E-state index contributed by atoms with van der Waals surface area (Å²) >= 11 is 12.0. The third kappa shape index (κ3) is 4.02. The standard InChI is InChI=1S/C17H10Cl2N2O/c18-15-6-5-14(16(19)8-15)11-22-17-4-2-1-3-13(17)7-12(9-20)10-21/h1-8H,11H2. The van der Waals surface area contributed by atoms with Gasteiger partial charge in [-0.2, -0.15) is 10.5 Å². The van der Waals surface area contributed by atoms with Crippen LogP contribution in [0.25, 0.3) is 6.08 Å². The lowest BCUT2D eigenvalue weighted by molar-refractivity contribution is 0.305. The molecule has 0 N–H and O–H groups in total. The van der Waals surface area contributed by atoms with Crippen molar-refractivity contribution in [2.45, 2.75) is 6.61 Å². The minimum absolute atomic E-state index is 0.0144. The van der Waals surface area contributed by atoms with Crippen molar-refractivity contribution in [2.75, 3.05) is 0 Å². The summed E-state index contributed by atoms with van der Waals surface area (Å²) in [5.74, 6) is 0.566. The second kappa shape index (κ2) is 7.52. The number of benzene rings is 2. The molecular weight excluding hydrogens is 319 g/mol. The van der Waals surface area contributed by atoms with E-state index >= 15 is 0 Å². The Hall–Kier alpha value is -2.46. The average molecular weight is 329 g/mol. The number of hydrogen-bond acceptors (Lipinski definition) is 3. The third-order valence-electron chi connectivity index (χ3n) is 2.86. The minimum atomic E-state index is 0.0144. The van der Waals surface area contributed by atoms with Gasteiger partial charge in [0.25, 0.3) is 0 Å². The van der Waals surface area contributed by atoms with Crippen molar-refractivity contribution in [3.8, 4) is 17.9 Å². The van der Waals surface area contributed by atoms with E-state index < -0.39 is 0 Å². The summed E-state index contributed by atoms with van der Waals surface area (Å²) in [7, 11) is 0. The smallest absolute Gasteiger partial charge is 0.130 e. The van der Waals surface area contributed by atoms with Crippen molar-refractivity contribution in [3.05, 3.63) is 69.2 Å². The Kier molecular flexibility index (Phi) is 5.44. The first-order valence-electron chi connectivity index (χ1n) is 6.31. The number of para-hydroxylation sites is 1. The molecule has 2 aromatic carbocycles. The van der Waals surface area contributed by atoms with E-state index in [4.69, 9.17) is 38.5 Å². The zero-order chi connectivity index (χ0) is 15.9. The fourth-order valence-electron chi connectivity index (χ4n) is 1.77. The molecule has 0 amide bonds. The van der Waals surface area contributed by atoms with Crippen LogP contribution in [-0.4, -0.2) is 0 Å². The molecule has 0 spiro atoms. The zero-order valence-electron chi connectivity index (χ0n) is 11.4. The van der Waals surface area contributed by atoms with E-state index in [1.165, 1.54) is 6.08 Å². The Bertz CT molecular complexity index is 785. The van der Waals surface area contributed by atoms with Crippen LogP contribution in [0.3, 0.4) is 0 Å². The molecule has 2 rings (SSSR count). The zero-order valence-corrected chi connectivity index (χ0v) is 12.9. The number of nitriles is 2. The van der Waals surface area contributed by atoms with Gasteiger partial charge in [-0.1, -0.05) is 47.5 Å². The van der Waals surface area contributed by atoms with Crippen LogP contribution in [0.2, 0.25) is 10.0 Å². The van der Waals surface area contributed by atoms with Crippen LogP contribution in [0.15, 0.2) is 48.0 Å². The number of hydrogen-bond donors (Lipinski definition) is 0. The van der Waals surface area contributed by atoms with Gasteiger partial charge in [0, 0.05) is 21.2 Å². The summed E-state index contributed by atoms with van der Waals surface area (Å²) in [5, 5.41) is 18.8. The molecule has 0 aliphatic carbocycles. The van der Waals surface area contributed by atoms with E-state index in [1.54, 1.807) is 36.4 Å². The number of halogens is 2. The normalized spacial score (nSPS) is 9.45. The topological polar surface area (TPSA) is 56.8 Å². The molecule has 3 nitrogen and oxygen atoms in total. The highest BCUT2D eigenvalue weighted by Gasteiger charge is 2.06. The lowest BCUT2D eigenvalue weighted by Gasteiger charge is -2.10. The van der Waals surface area contributed by atoms with Crippen LogP contribution in [-0.2, 0) is 6.61 Å². The van der Waals surface area contributed by atoms with Crippen LogP contribution >= 0.6 is 23.2 Å². The van der Waals surface area contributed by atoms with E-state index in [9.17, 15) is 0 Å². The summed E-state index contributed by atoms with van der Waals surface area (Å²) < 4.78 is 5.74. The van der Waals surface area contributed by atoms with Gasteiger partial charge in [0.15, 0.2) is 0 Å². The fraction of sp³-hybridized carbons (Fsp3) is 0.0588. The highest BCUT2D eigenvalue weighted by molar-refractivity contribution is 6.35. The molecule has 0 aromatic heterocycles. The van der Waals surface area contributed by atoms with Crippen molar-refractivity contribution in [3.63, 3.8) is 0 Å². The Morgan fingerprint density at radius 1 is 1.09 bits per heavy atom. The Morgan fingerprint density at radius 3 is 2.50 bits per heavy atom. The van der Waals surface area contributed by atoms with E-state index in [2.05, 4.69) is 0 Å². The lowest BCUT2D eigenvalue weighted by Crippen LogP contribution is -1.98. The van der Waals surface area contributed by atoms with Gasteiger partial charge in [-0.15, -0.1) is 0 Å². The number of rotatable bonds is 4.